The third kappa shape index (κ3) is 8.89. The summed E-state index contributed by atoms with van der Waals surface area (Å²) >= 11 is 0. The molecule has 21 rings (SSSR count). The molecule has 0 radical (unpaired) electrons. The zero-order chi connectivity index (χ0) is 64.4. The Balaban J connectivity index is 0.000000133. The molecule has 0 bridgehead atoms. The average Bonchev–Trinajstić information content (AvgIpc) is 1.53. The van der Waals surface area contributed by atoms with E-state index in [1.54, 1.807) is 0 Å². The highest BCUT2D eigenvalue weighted by Crippen LogP contribution is 2.44. The fourth-order valence-corrected chi connectivity index (χ4v) is 16.2. The highest BCUT2D eigenvalue weighted by molar-refractivity contribution is 6.26. The summed E-state index contributed by atoms with van der Waals surface area (Å²) in [4.78, 5) is 0. The van der Waals surface area contributed by atoms with E-state index < -0.39 is 0 Å². The van der Waals surface area contributed by atoms with Gasteiger partial charge in [-0.25, -0.2) is 0 Å². The minimum absolute atomic E-state index is 1.21. The number of hydrogen-bond acceptors (Lipinski definition) is 0. The number of fused-ring (bicyclic) bond motifs is 21. The minimum atomic E-state index is 1.21. The largest absolute Gasteiger partial charge is 0.309 e. The molecule has 0 spiro atoms. The molecule has 454 valence electrons. The summed E-state index contributed by atoms with van der Waals surface area (Å²) in [5.74, 6) is 0. The summed E-state index contributed by atoms with van der Waals surface area (Å²) in [5.41, 5.74) is 17.1. The smallest absolute Gasteiger partial charge is 0.0546 e. The molecule has 0 aliphatic rings. The van der Waals surface area contributed by atoms with E-state index in [1.165, 1.54) is 196 Å². The van der Waals surface area contributed by atoms with Crippen LogP contribution in [-0.2, 0) is 0 Å². The topological polar surface area (TPSA) is 9.86 Å². The van der Waals surface area contributed by atoms with Crippen LogP contribution in [0.3, 0.4) is 0 Å². The lowest BCUT2D eigenvalue weighted by Crippen LogP contribution is -1.96. The number of aromatic nitrogens is 2. The van der Waals surface area contributed by atoms with Crippen molar-refractivity contribution in [2.75, 3.05) is 0 Å². The monoisotopic (exact) mass is 1240 g/mol. The first-order chi connectivity index (χ1) is 48.6. The molecule has 0 aliphatic carbocycles. The van der Waals surface area contributed by atoms with Crippen LogP contribution in [0.1, 0.15) is 0 Å². The van der Waals surface area contributed by atoms with Crippen molar-refractivity contribution in [3.05, 3.63) is 364 Å². The maximum atomic E-state index is 2.46. The van der Waals surface area contributed by atoms with Gasteiger partial charge in [0.2, 0.25) is 0 Å². The zero-order valence-electron chi connectivity index (χ0n) is 53.5. The Bertz CT molecular complexity index is 6810. The van der Waals surface area contributed by atoms with Crippen LogP contribution in [0.25, 0.3) is 196 Å². The second kappa shape index (κ2) is 22.4. The molecule has 0 saturated carbocycles. The molecular weight excluding hydrogens is 1180 g/mol. The summed E-state index contributed by atoms with van der Waals surface area (Å²) in [6.07, 6.45) is 0. The van der Waals surface area contributed by atoms with Crippen molar-refractivity contribution in [1.82, 2.24) is 9.13 Å². The molecule has 0 atom stereocenters. The van der Waals surface area contributed by atoms with Gasteiger partial charge in [0.15, 0.2) is 0 Å². The van der Waals surface area contributed by atoms with Crippen LogP contribution in [-0.4, -0.2) is 9.13 Å². The quantitative estimate of drug-likeness (QED) is 0.147. The second-order valence-electron chi connectivity index (χ2n) is 26.2. The van der Waals surface area contributed by atoms with Gasteiger partial charge in [-0.1, -0.05) is 303 Å². The minimum Gasteiger partial charge on any atom is -0.309 e. The lowest BCUT2D eigenvalue weighted by Gasteiger charge is -2.14. The Morgan fingerprint density at radius 3 is 0.796 bits per heavy atom. The first-order valence-corrected chi connectivity index (χ1v) is 33.9. The first kappa shape index (κ1) is 55.6. The van der Waals surface area contributed by atoms with Gasteiger partial charge in [-0.05, 0) is 191 Å². The van der Waals surface area contributed by atoms with Gasteiger partial charge >= 0.3 is 0 Å². The SMILES string of the molecule is c1ccc2c(c1)cc(-n1c3ccccc3c3cc(-c4ccc(-c5ccc6c7ccccc7c7ccccc7c6c5)cc4)ccc31)c1ccccc12.c1ccc2c(c1)ccc1ccc(-c3ccc(-c4ccc5c(c4)c4ccccc4n5-c4cc5ccccc5c5ccccc45)cc3)cc12. The summed E-state index contributed by atoms with van der Waals surface area (Å²) in [7, 11) is 0. The van der Waals surface area contributed by atoms with Crippen LogP contribution in [0.5, 0.6) is 0 Å². The number of rotatable bonds is 6. The van der Waals surface area contributed by atoms with E-state index >= 15 is 0 Å². The molecule has 2 heterocycles. The van der Waals surface area contributed by atoms with Crippen molar-refractivity contribution in [3.63, 3.8) is 0 Å². The van der Waals surface area contributed by atoms with Crippen molar-refractivity contribution in [3.8, 4) is 55.9 Å². The molecule has 0 unspecified atom stereocenters. The molecule has 2 nitrogen and oxygen atoms in total. The van der Waals surface area contributed by atoms with Gasteiger partial charge in [-0.2, -0.15) is 0 Å². The molecule has 0 N–H and O–H groups in total. The second-order valence-corrected chi connectivity index (χ2v) is 26.2. The molecule has 0 fully saturated rings. The van der Waals surface area contributed by atoms with Crippen LogP contribution in [0, 0.1) is 0 Å². The van der Waals surface area contributed by atoms with Gasteiger partial charge in [-0.15, -0.1) is 0 Å². The lowest BCUT2D eigenvalue weighted by molar-refractivity contribution is 1.20. The Labute approximate surface area is 566 Å². The Morgan fingerprint density at radius 1 is 0.122 bits per heavy atom. The van der Waals surface area contributed by atoms with E-state index in [0.717, 1.165) is 0 Å². The van der Waals surface area contributed by atoms with E-state index in [9.17, 15) is 0 Å². The number of nitrogens with zero attached hydrogens (tertiary/aromatic N) is 2. The van der Waals surface area contributed by atoms with Gasteiger partial charge in [0.05, 0.1) is 33.4 Å². The van der Waals surface area contributed by atoms with Crippen molar-refractivity contribution >= 4 is 141 Å². The van der Waals surface area contributed by atoms with E-state index in [-0.39, 0.29) is 0 Å². The fraction of sp³-hybridized carbons (Fsp3) is 0. The first-order valence-electron chi connectivity index (χ1n) is 33.9. The Hall–Kier alpha value is -12.9. The maximum Gasteiger partial charge on any atom is 0.0546 e. The van der Waals surface area contributed by atoms with Crippen molar-refractivity contribution in [1.29, 1.82) is 0 Å². The third-order valence-electron chi connectivity index (χ3n) is 20.9. The van der Waals surface area contributed by atoms with Crippen LogP contribution in [0.4, 0.5) is 0 Å². The van der Waals surface area contributed by atoms with Crippen LogP contribution < -0.4 is 0 Å². The number of hydrogen-bond donors (Lipinski definition) is 0. The number of para-hydroxylation sites is 2. The molecular formula is C96H60N2. The van der Waals surface area contributed by atoms with Crippen LogP contribution in [0.15, 0.2) is 364 Å². The van der Waals surface area contributed by atoms with Gasteiger partial charge in [-0.3, -0.25) is 0 Å². The van der Waals surface area contributed by atoms with Crippen LogP contribution >= 0.6 is 0 Å². The molecule has 19 aromatic carbocycles. The van der Waals surface area contributed by atoms with Crippen LogP contribution in [0.2, 0.25) is 0 Å². The fourth-order valence-electron chi connectivity index (χ4n) is 16.2. The summed E-state index contributed by atoms with van der Waals surface area (Å²) in [6.45, 7) is 0. The molecule has 98 heavy (non-hydrogen) atoms. The summed E-state index contributed by atoms with van der Waals surface area (Å²) in [6, 6.07) is 134. The molecule has 0 amide bonds. The standard InChI is InChI=1S/C50H31N.C46H29N/c1-2-12-37-36(11-1)31-50(44-18-8-7-13-38(37)44)51-48-20-10-9-19-45(48)47-30-35(26-28-49(47)51)33-23-21-32(22-24-33)34-25-27-43-41-16-4-3-14-39(41)40-15-5-6-17-42(40)46(43)29-34;1-3-11-37-32(9-1)21-22-33-23-24-34(27-42(33)37)30-17-19-31(20-18-30)35-25-26-45-43(28-35)41-15-7-8-16-44(41)47(45)46-29-36-10-2-4-12-38(36)39-13-5-6-14-40(39)46/h1-31H;1-29H. The third-order valence-corrected chi connectivity index (χ3v) is 20.9. The molecule has 0 saturated heterocycles. The Kier molecular flexibility index (Phi) is 12.7. The highest BCUT2D eigenvalue weighted by atomic mass is 15.0. The highest BCUT2D eigenvalue weighted by Gasteiger charge is 2.20. The number of benzene rings is 19. The summed E-state index contributed by atoms with van der Waals surface area (Å²) in [5, 5.41) is 28.2. The lowest BCUT2D eigenvalue weighted by atomic mass is 9.92. The van der Waals surface area contributed by atoms with E-state index in [0.29, 0.717) is 0 Å². The Morgan fingerprint density at radius 2 is 0.367 bits per heavy atom. The molecule has 2 aromatic heterocycles. The molecule has 21 aromatic rings. The summed E-state index contributed by atoms with van der Waals surface area (Å²) < 4.78 is 4.91. The van der Waals surface area contributed by atoms with Crippen molar-refractivity contribution < 1.29 is 0 Å². The zero-order valence-corrected chi connectivity index (χ0v) is 53.5. The van der Waals surface area contributed by atoms with E-state index in [2.05, 4.69) is 373 Å². The van der Waals surface area contributed by atoms with E-state index in [4.69, 9.17) is 0 Å². The van der Waals surface area contributed by atoms with Gasteiger partial charge < -0.3 is 9.13 Å². The maximum absolute atomic E-state index is 2.46. The normalized spacial score (nSPS) is 11.9. The van der Waals surface area contributed by atoms with Crippen molar-refractivity contribution in [2.24, 2.45) is 0 Å². The van der Waals surface area contributed by atoms with E-state index in [1.807, 2.05) is 0 Å². The van der Waals surface area contributed by atoms with Gasteiger partial charge in [0, 0.05) is 32.3 Å². The average molecular weight is 1240 g/mol. The predicted molar refractivity (Wildman–Crippen MR) is 421 cm³/mol. The van der Waals surface area contributed by atoms with Gasteiger partial charge in [0.1, 0.15) is 0 Å². The molecule has 0 aliphatic heterocycles. The van der Waals surface area contributed by atoms with Gasteiger partial charge in [0.25, 0.3) is 0 Å². The van der Waals surface area contributed by atoms with Crippen molar-refractivity contribution in [2.45, 2.75) is 0 Å². The predicted octanol–water partition coefficient (Wildman–Crippen LogP) is 26.6. The molecule has 2 heteroatoms.